The first-order chi connectivity index (χ1) is 19.8. The van der Waals surface area contributed by atoms with Crippen molar-refractivity contribution in [3.8, 4) is 5.75 Å². The summed E-state index contributed by atoms with van der Waals surface area (Å²) in [6.45, 7) is 2.71. The van der Waals surface area contributed by atoms with E-state index >= 15 is 0 Å². The smallest absolute Gasteiger partial charge is 0.278 e. The zero-order valence-electron chi connectivity index (χ0n) is 22.6. The molecule has 1 aromatic heterocycles. The zero-order valence-corrected chi connectivity index (χ0v) is 23.4. The summed E-state index contributed by atoms with van der Waals surface area (Å²) in [5.74, 6) is -2.50. The first kappa shape index (κ1) is 28.4. The first-order valence-corrected chi connectivity index (χ1v) is 14.0. The van der Waals surface area contributed by atoms with Gasteiger partial charge in [0.25, 0.3) is 5.91 Å². The van der Waals surface area contributed by atoms with E-state index in [4.69, 9.17) is 17.0 Å². The van der Waals surface area contributed by atoms with E-state index in [9.17, 15) is 23.2 Å². The third-order valence-corrected chi connectivity index (χ3v) is 7.66. The van der Waals surface area contributed by atoms with Gasteiger partial charge in [0.1, 0.15) is 24.4 Å². The number of hydrogen-bond acceptors (Lipinski definition) is 6. The van der Waals surface area contributed by atoms with Crippen LogP contribution in [0.4, 0.5) is 8.78 Å². The van der Waals surface area contributed by atoms with E-state index in [1.54, 1.807) is 9.58 Å². The Hall–Kier alpha value is -4.12. The van der Waals surface area contributed by atoms with Crippen LogP contribution in [0, 0.1) is 11.6 Å². The topological polar surface area (TPSA) is 83.9 Å². The molecule has 1 atom stereocenters. The fourth-order valence-corrected chi connectivity index (χ4v) is 5.53. The summed E-state index contributed by atoms with van der Waals surface area (Å²) in [7, 11) is 0. The van der Waals surface area contributed by atoms with Crippen molar-refractivity contribution in [1.82, 2.24) is 14.9 Å². The number of piperidine rings is 1. The fourth-order valence-electron chi connectivity index (χ4n) is 5.31. The van der Waals surface area contributed by atoms with E-state index in [1.165, 1.54) is 12.3 Å². The van der Waals surface area contributed by atoms with Crippen LogP contribution in [0.15, 0.2) is 59.5 Å². The molecule has 1 fully saturated rings. The molecule has 1 N–H and O–H groups in total. The number of ether oxygens (including phenoxy) is 1. The predicted octanol–water partition coefficient (Wildman–Crippen LogP) is 3.97. The second-order valence-electron chi connectivity index (χ2n) is 10.0. The molecule has 8 nitrogen and oxygen atoms in total. The molecule has 0 radical (unpaired) electrons. The highest BCUT2D eigenvalue weighted by Gasteiger charge is 2.41. The van der Waals surface area contributed by atoms with Crippen molar-refractivity contribution in [2.75, 3.05) is 24.6 Å². The van der Waals surface area contributed by atoms with Crippen LogP contribution >= 0.6 is 12.2 Å². The largest absolute Gasteiger partial charge is 0.482 e. The molecule has 2 aromatic carbocycles. The standard InChI is InChI=1S/C30H30F2N4O4S/c1-2-34-26-10-6-7-13-35(26)36-17-22(24(37)16-33-25(41)14-20-11-12-21(31)15-23(20)32)28(38)29(27(36)30(34)39)40-18-19-8-4-3-5-9-19/h3-5,8-9,11-12,15,17,26H,2,6-7,10,13-14,16,18H2,1H3,(H,33,41). The van der Waals surface area contributed by atoms with E-state index in [1.807, 2.05) is 42.3 Å². The Morgan fingerprint density at radius 1 is 1.12 bits per heavy atom. The van der Waals surface area contributed by atoms with Gasteiger partial charge < -0.3 is 15.0 Å². The molecule has 3 heterocycles. The Balaban J connectivity index is 1.46. The summed E-state index contributed by atoms with van der Waals surface area (Å²) in [5.41, 5.74) is 0.236. The number of carbonyl (C=O) groups excluding carboxylic acids is 2. The predicted molar refractivity (Wildman–Crippen MR) is 154 cm³/mol. The third kappa shape index (κ3) is 5.85. The molecule has 5 rings (SSSR count). The number of nitrogens with zero attached hydrogens (tertiary/aromatic N) is 3. The van der Waals surface area contributed by atoms with Gasteiger partial charge in [0, 0.05) is 31.8 Å². The molecule has 2 aliphatic heterocycles. The van der Waals surface area contributed by atoms with Crippen LogP contribution in [0.25, 0.3) is 0 Å². The van der Waals surface area contributed by atoms with Crippen LogP contribution in [-0.2, 0) is 13.0 Å². The quantitative estimate of drug-likeness (QED) is 0.303. The number of Topliss-reactive ketones (excluding diaryl/α,β-unsaturated/α-hetero) is 1. The van der Waals surface area contributed by atoms with Gasteiger partial charge in [-0.2, -0.15) is 0 Å². The van der Waals surface area contributed by atoms with Crippen molar-refractivity contribution in [3.05, 3.63) is 99.0 Å². The third-order valence-electron chi connectivity index (χ3n) is 7.37. The number of nitrogens with one attached hydrogen (secondary N) is 1. The van der Waals surface area contributed by atoms with Gasteiger partial charge in [-0.1, -0.05) is 48.6 Å². The highest BCUT2D eigenvalue weighted by atomic mass is 32.1. The number of hydrogen-bond donors (Lipinski definition) is 1. The van der Waals surface area contributed by atoms with Gasteiger partial charge in [0.15, 0.2) is 17.2 Å². The van der Waals surface area contributed by atoms with Gasteiger partial charge in [-0.05, 0) is 43.4 Å². The molecule has 41 heavy (non-hydrogen) atoms. The van der Waals surface area contributed by atoms with E-state index < -0.39 is 22.8 Å². The van der Waals surface area contributed by atoms with Crippen molar-refractivity contribution in [2.24, 2.45) is 0 Å². The summed E-state index contributed by atoms with van der Waals surface area (Å²) in [5, 5.41) is 4.79. The summed E-state index contributed by atoms with van der Waals surface area (Å²) >= 11 is 5.28. The number of aromatic nitrogens is 1. The summed E-state index contributed by atoms with van der Waals surface area (Å²) in [4.78, 5) is 42.7. The number of carbonyl (C=O) groups is 2. The van der Waals surface area contributed by atoms with E-state index in [2.05, 4.69) is 5.32 Å². The van der Waals surface area contributed by atoms with Crippen molar-refractivity contribution in [3.63, 3.8) is 0 Å². The van der Waals surface area contributed by atoms with Gasteiger partial charge in [0.2, 0.25) is 5.43 Å². The number of fused-ring (bicyclic) bond motifs is 3. The van der Waals surface area contributed by atoms with Gasteiger partial charge >= 0.3 is 0 Å². The molecule has 1 unspecified atom stereocenters. The molecule has 0 spiro atoms. The summed E-state index contributed by atoms with van der Waals surface area (Å²) in [6, 6.07) is 12.4. The number of halogens is 2. The molecule has 0 bridgehead atoms. The highest BCUT2D eigenvalue weighted by Crippen LogP contribution is 2.30. The van der Waals surface area contributed by atoms with Crippen LogP contribution in [-0.4, -0.2) is 52.1 Å². The summed E-state index contributed by atoms with van der Waals surface area (Å²) < 4.78 is 34.9. The zero-order chi connectivity index (χ0) is 29.1. The maximum absolute atomic E-state index is 14.1. The lowest BCUT2D eigenvalue weighted by atomic mass is 10.0. The highest BCUT2D eigenvalue weighted by molar-refractivity contribution is 7.80. The lowest BCUT2D eigenvalue weighted by Crippen LogP contribution is -2.63. The van der Waals surface area contributed by atoms with Crippen molar-refractivity contribution in [2.45, 2.75) is 45.4 Å². The Morgan fingerprint density at radius 2 is 1.90 bits per heavy atom. The average Bonchev–Trinajstić information content (AvgIpc) is 2.97. The average molecular weight is 581 g/mol. The van der Waals surface area contributed by atoms with Gasteiger partial charge in [-0.25, -0.2) is 8.78 Å². The second kappa shape index (κ2) is 12.2. The van der Waals surface area contributed by atoms with Crippen LogP contribution < -0.4 is 20.5 Å². The summed E-state index contributed by atoms with van der Waals surface area (Å²) in [6.07, 6.45) is 3.80. The molecule has 0 saturated carbocycles. The SMILES string of the molecule is CCN1C(=O)c2c(OCc3ccccc3)c(=O)c(C(=O)CNC(=S)Cc3ccc(F)cc3F)cn2N2CCCCC12. The first-order valence-electron chi connectivity index (χ1n) is 13.6. The minimum absolute atomic E-state index is 0.0368. The Labute approximate surface area is 241 Å². The molecular weight excluding hydrogens is 550 g/mol. The molecule has 1 amide bonds. The lowest BCUT2D eigenvalue weighted by Gasteiger charge is -2.48. The Bertz CT molecular complexity index is 1550. The Morgan fingerprint density at radius 3 is 2.63 bits per heavy atom. The van der Waals surface area contributed by atoms with Crippen molar-refractivity contribution >= 4 is 28.9 Å². The Kier molecular flexibility index (Phi) is 8.44. The molecule has 11 heteroatoms. The van der Waals surface area contributed by atoms with E-state index in [0.717, 1.165) is 37.0 Å². The number of amides is 1. The molecule has 0 aliphatic carbocycles. The van der Waals surface area contributed by atoms with E-state index in [-0.39, 0.29) is 59.2 Å². The number of benzene rings is 2. The normalized spacial score (nSPS) is 16.2. The number of rotatable bonds is 9. The monoisotopic (exact) mass is 580 g/mol. The van der Waals surface area contributed by atoms with Gasteiger partial charge in [0.05, 0.1) is 17.1 Å². The van der Waals surface area contributed by atoms with Crippen molar-refractivity contribution in [1.29, 1.82) is 0 Å². The number of pyridine rings is 1. The minimum Gasteiger partial charge on any atom is -0.482 e. The van der Waals surface area contributed by atoms with E-state index in [0.29, 0.717) is 13.1 Å². The molecule has 3 aromatic rings. The van der Waals surface area contributed by atoms with Gasteiger partial charge in [-0.15, -0.1) is 0 Å². The van der Waals surface area contributed by atoms with Crippen LogP contribution in [0.2, 0.25) is 0 Å². The maximum atomic E-state index is 14.1. The second-order valence-corrected chi connectivity index (χ2v) is 10.5. The van der Waals surface area contributed by atoms with Crippen molar-refractivity contribution < 1.29 is 23.1 Å². The number of ketones is 1. The minimum atomic E-state index is -0.740. The van der Waals surface area contributed by atoms with Crippen LogP contribution in [0.1, 0.15) is 58.2 Å². The number of thiocarbonyl (C=S) groups is 1. The van der Waals surface area contributed by atoms with Gasteiger partial charge in [-0.3, -0.25) is 24.1 Å². The molecular formula is C30H30F2N4O4S. The maximum Gasteiger partial charge on any atom is 0.278 e. The fraction of sp³-hybridized carbons (Fsp3) is 0.333. The molecule has 214 valence electrons. The van der Waals surface area contributed by atoms with Crippen LogP contribution in [0.5, 0.6) is 5.75 Å². The lowest BCUT2D eigenvalue weighted by molar-refractivity contribution is 0.0531. The molecule has 1 saturated heterocycles. The van der Waals surface area contributed by atoms with Crippen LogP contribution in [0.3, 0.4) is 0 Å². The molecule has 2 aliphatic rings.